The van der Waals surface area contributed by atoms with Gasteiger partial charge in [-0.1, -0.05) is 36.8 Å². The van der Waals surface area contributed by atoms with E-state index in [1.807, 2.05) is 12.1 Å². The summed E-state index contributed by atoms with van der Waals surface area (Å²) in [7, 11) is -3.14. The highest BCUT2D eigenvalue weighted by Crippen LogP contribution is 2.30. The molecule has 1 aliphatic heterocycles. The molecule has 1 atom stereocenters. The van der Waals surface area contributed by atoms with Crippen molar-refractivity contribution in [2.75, 3.05) is 19.3 Å². The molecule has 1 unspecified atom stereocenters. The zero-order chi connectivity index (χ0) is 18.1. The highest BCUT2D eigenvalue weighted by atomic mass is 32.2. The van der Waals surface area contributed by atoms with Gasteiger partial charge in [-0.25, -0.2) is 8.42 Å². The number of sulfone groups is 1. The molecular formula is C22H27NO2S. The van der Waals surface area contributed by atoms with Gasteiger partial charge in [-0.15, -0.1) is 0 Å². The maximum atomic E-state index is 11.6. The maximum Gasteiger partial charge on any atom is 0.175 e. The smallest absolute Gasteiger partial charge is 0.175 e. The second kappa shape index (κ2) is 7.16. The summed E-state index contributed by atoms with van der Waals surface area (Å²) in [5, 5.41) is 0. The first kappa shape index (κ1) is 17.7. The highest BCUT2D eigenvalue weighted by molar-refractivity contribution is 7.90. The van der Waals surface area contributed by atoms with Gasteiger partial charge in [-0.05, 0) is 79.6 Å². The highest BCUT2D eigenvalue weighted by Gasteiger charge is 2.25. The van der Waals surface area contributed by atoms with E-state index >= 15 is 0 Å². The number of nitrogens with zero attached hydrogens (tertiary/aromatic N) is 1. The Hall–Kier alpha value is -1.65. The second-order valence-corrected chi connectivity index (χ2v) is 9.79. The Bertz CT molecular complexity index is 881. The molecule has 2 aromatic rings. The van der Waals surface area contributed by atoms with Crippen LogP contribution in [0.25, 0.3) is 11.1 Å². The molecule has 0 bridgehead atoms. The standard InChI is InChI=1S/C22H27NO2S/c1-26(24,25)22-11-8-17(9-12-22)18-5-6-20-16-21(10-7-19(20)15-18)23-13-3-2-4-14-23/h5-6,8-9,11-12,15,21H,2-4,7,10,13-14,16H2,1H3. The van der Waals surface area contributed by atoms with Crippen LogP contribution in [0.5, 0.6) is 0 Å². The van der Waals surface area contributed by atoms with Crippen molar-refractivity contribution in [1.82, 2.24) is 4.90 Å². The van der Waals surface area contributed by atoms with E-state index in [0.717, 1.165) is 12.0 Å². The molecule has 4 rings (SSSR count). The SMILES string of the molecule is CS(=O)(=O)c1ccc(-c2ccc3c(c2)CCC(N2CCCCC2)C3)cc1. The maximum absolute atomic E-state index is 11.6. The predicted molar refractivity (Wildman–Crippen MR) is 106 cm³/mol. The number of hydrogen-bond donors (Lipinski definition) is 0. The molecule has 2 aromatic carbocycles. The molecule has 2 aliphatic rings. The van der Waals surface area contributed by atoms with E-state index in [-0.39, 0.29) is 0 Å². The summed E-state index contributed by atoms with van der Waals surface area (Å²) >= 11 is 0. The van der Waals surface area contributed by atoms with E-state index in [1.54, 1.807) is 12.1 Å². The Balaban J connectivity index is 1.53. The third-order valence-corrected chi connectivity index (χ3v) is 7.06. The summed E-state index contributed by atoms with van der Waals surface area (Å²) in [6, 6.07) is 14.7. The fourth-order valence-electron chi connectivity index (χ4n) is 4.41. The van der Waals surface area contributed by atoms with Crippen LogP contribution in [0, 0.1) is 0 Å². The summed E-state index contributed by atoms with van der Waals surface area (Å²) in [6.07, 6.45) is 8.91. The minimum Gasteiger partial charge on any atom is -0.300 e. The Morgan fingerprint density at radius 2 is 1.58 bits per heavy atom. The summed E-state index contributed by atoms with van der Waals surface area (Å²) in [5.41, 5.74) is 5.21. The molecule has 26 heavy (non-hydrogen) atoms. The lowest BCUT2D eigenvalue weighted by atomic mass is 9.85. The van der Waals surface area contributed by atoms with Gasteiger partial charge in [-0.2, -0.15) is 0 Å². The van der Waals surface area contributed by atoms with Crippen molar-refractivity contribution in [3.8, 4) is 11.1 Å². The van der Waals surface area contributed by atoms with E-state index in [4.69, 9.17) is 0 Å². The molecule has 1 heterocycles. The molecule has 4 heteroatoms. The molecule has 0 radical (unpaired) electrons. The summed E-state index contributed by atoms with van der Waals surface area (Å²) < 4.78 is 23.3. The third kappa shape index (κ3) is 3.72. The number of aryl methyl sites for hydroxylation is 1. The Kier molecular flexibility index (Phi) is 4.89. The van der Waals surface area contributed by atoms with Crippen LogP contribution in [-0.2, 0) is 22.7 Å². The van der Waals surface area contributed by atoms with Gasteiger partial charge in [-0.3, -0.25) is 0 Å². The largest absolute Gasteiger partial charge is 0.300 e. The summed E-state index contributed by atoms with van der Waals surface area (Å²) in [4.78, 5) is 3.08. The van der Waals surface area contributed by atoms with Crippen molar-refractivity contribution < 1.29 is 8.42 Å². The average Bonchev–Trinajstić information content (AvgIpc) is 2.67. The number of piperidine rings is 1. The van der Waals surface area contributed by atoms with Crippen LogP contribution in [0.1, 0.15) is 36.8 Å². The van der Waals surface area contributed by atoms with Crippen LogP contribution in [0.4, 0.5) is 0 Å². The van der Waals surface area contributed by atoms with Crippen molar-refractivity contribution in [3.05, 3.63) is 53.6 Å². The van der Waals surface area contributed by atoms with Crippen LogP contribution >= 0.6 is 0 Å². The number of fused-ring (bicyclic) bond motifs is 1. The van der Waals surface area contributed by atoms with Crippen LogP contribution in [0.2, 0.25) is 0 Å². The molecule has 0 spiro atoms. The van der Waals surface area contributed by atoms with E-state index in [0.29, 0.717) is 10.9 Å². The molecule has 138 valence electrons. The van der Waals surface area contributed by atoms with Gasteiger partial charge in [0.05, 0.1) is 4.90 Å². The molecular weight excluding hydrogens is 342 g/mol. The third-order valence-electron chi connectivity index (χ3n) is 5.93. The summed E-state index contributed by atoms with van der Waals surface area (Å²) in [5.74, 6) is 0. The van der Waals surface area contributed by atoms with Crippen LogP contribution in [0.3, 0.4) is 0 Å². The fraction of sp³-hybridized carbons (Fsp3) is 0.455. The van der Waals surface area contributed by atoms with Crippen molar-refractivity contribution in [2.45, 2.75) is 49.5 Å². The first-order valence-electron chi connectivity index (χ1n) is 9.67. The fourth-order valence-corrected chi connectivity index (χ4v) is 5.04. The van der Waals surface area contributed by atoms with E-state index in [9.17, 15) is 8.42 Å². The van der Waals surface area contributed by atoms with Gasteiger partial charge >= 0.3 is 0 Å². The van der Waals surface area contributed by atoms with E-state index in [1.165, 1.54) is 68.1 Å². The molecule has 1 saturated heterocycles. The summed E-state index contributed by atoms with van der Waals surface area (Å²) in [6.45, 7) is 2.54. The minimum atomic E-state index is -3.14. The first-order valence-corrected chi connectivity index (χ1v) is 11.6. The molecule has 0 amide bonds. The van der Waals surface area contributed by atoms with Gasteiger partial charge in [0.1, 0.15) is 0 Å². The molecule has 0 saturated carbocycles. The Labute approximate surface area is 157 Å². The lowest BCUT2D eigenvalue weighted by Crippen LogP contribution is -2.42. The van der Waals surface area contributed by atoms with E-state index < -0.39 is 9.84 Å². The van der Waals surface area contributed by atoms with Gasteiger partial charge in [0.15, 0.2) is 9.84 Å². The van der Waals surface area contributed by atoms with Gasteiger partial charge in [0.2, 0.25) is 0 Å². The molecule has 1 aliphatic carbocycles. The topological polar surface area (TPSA) is 37.4 Å². The Morgan fingerprint density at radius 3 is 2.27 bits per heavy atom. The van der Waals surface area contributed by atoms with Crippen molar-refractivity contribution >= 4 is 9.84 Å². The van der Waals surface area contributed by atoms with Crippen LogP contribution in [0.15, 0.2) is 47.4 Å². The van der Waals surface area contributed by atoms with Gasteiger partial charge < -0.3 is 4.90 Å². The molecule has 0 N–H and O–H groups in total. The number of benzene rings is 2. The number of likely N-dealkylation sites (tertiary alicyclic amines) is 1. The van der Waals surface area contributed by atoms with E-state index in [2.05, 4.69) is 23.1 Å². The molecule has 0 aromatic heterocycles. The van der Waals surface area contributed by atoms with Gasteiger partial charge in [0, 0.05) is 12.3 Å². The van der Waals surface area contributed by atoms with Crippen LogP contribution < -0.4 is 0 Å². The predicted octanol–water partition coefficient (Wildman–Crippen LogP) is 4.10. The van der Waals surface area contributed by atoms with Crippen molar-refractivity contribution in [2.24, 2.45) is 0 Å². The zero-order valence-electron chi connectivity index (χ0n) is 15.4. The minimum absolute atomic E-state index is 0.378. The quantitative estimate of drug-likeness (QED) is 0.817. The van der Waals surface area contributed by atoms with Crippen LogP contribution in [-0.4, -0.2) is 38.7 Å². The normalized spacial score (nSPS) is 21.3. The molecule has 1 fully saturated rings. The zero-order valence-corrected chi connectivity index (χ0v) is 16.3. The first-order chi connectivity index (χ1) is 12.5. The van der Waals surface area contributed by atoms with Crippen molar-refractivity contribution in [3.63, 3.8) is 0 Å². The monoisotopic (exact) mass is 369 g/mol. The van der Waals surface area contributed by atoms with Crippen molar-refractivity contribution in [1.29, 1.82) is 0 Å². The lowest BCUT2D eigenvalue weighted by Gasteiger charge is -2.37. The Morgan fingerprint density at radius 1 is 0.885 bits per heavy atom. The second-order valence-electron chi connectivity index (χ2n) is 7.77. The lowest BCUT2D eigenvalue weighted by molar-refractivity contribution is 0.150. The average molecular weight is 370 g/mol. The molecule has 3 nitrogen and oxygen atoms in total. The number of rotatable bonds is 3. The van der Waals surface area contributed by atoms with Gasteiger partial charge in [0.25, 0.3) is 0 Å². The number of hydrogen-bond acceptors (Lipinski definition) is 3.